The van der Waals surface area contributed by atoms with Gasteiger partial charge in [0.25, 0.3) is 0 Å². The number of hydrogen-bond donors (Lipinski definition) is 3. The molecule has 1 aromatic carbocycles. The summed E-state index contributed by atoms with van der Waals surface area (Å²) >= 11 is 0. The van der Waals surface area contributed by atoms with Gasteiger partial charge in [0, 0.05) is 31.6 Å². The molecule has 1 aliphatic heterocycles. The first-order chi connectivity index (χ1) is 8.90. The van der Waals surface area contributed by atoms with E-state index in [-0.39, 0.29) is 0 Å². The van der Waals surface area contributed by atoms with E-state index in [0.717, 1.165) is 53.9 Å². The number of hydrogen-bond acceptors (Lipinski definition) is 4. The number of anilines is 1. The summed E-state index contributed by atoms with van der Waals surface area (Å²) in [5.74, 6) is 1.01. The molecular formula is C13H17N4O+. The average Bonchev–Trinajstić information content (AvgIpc) is 2.47. The molecule has 18 heavy (non-hydrogen) atoms. The molecule has 5 heteroatoms. The standard InChI is InChI=1S/C13H16N4O/c18-16-12-9-15-13(17-7-5-14-6-8-17)11-4-2-1-3-10(11)12/h1-4,9,14,16,18H,5-8H2/p+1. The Morgan fingerprint density at radius 3 is 2.61 bits per heavy atom. The van der Waals surface area contributed by atoms with E-state index in [1.807, 2.05) is 18.2 Å². The second-order valence-corrected chi connectivity index (χ2v) is 4.45. The summed E-state index contributed by atoms with van der Waals surface area (Å²) in [6.45, 7) is 3.92. The lowest BCUT2D eigenvalue weighted by Gasteiger charge is -2.29. The van der Waals surface area contributed by atoms with Crippen molar-refractivity contribution in [3.05, 3.63) is 30.5 Å². The molecule has 0 amide bonds. The number of aromatic nitrogens is 1. The summed E-state index contributed by atoms with van der Waals surface area (Å²) in [7, 11) is 0. The van der Waals surface area contributed by atoms with Gasteiger partial charge in [-0.3, -0.25) is 0 Å². The molecule has 2 aromatic rings. The summed E-state index contributed by atoms with van der Waals surface area (Å²) in [6.07, 6.45) is 1.74. The highest BCUT2D eigenvalue weighted by Gasteiger charge is 2.16. The summed E-state index contributed by atoms with van der Waals surface area (Å²) in [4.78, 5) is 6.80. The number of benzene rings is 1. The van der Waals surface area contributed by atoms with Crippen LogP contribution in [0.2, 0.25) is 0 Å². The van der Waals surface area contributed by atoms with Crippen molar-refractivity contribution in [2.45, 2.75) is 0 Å². The molecule has 0 aliphatic carbocycles. The predicted molar refractivity (Wildman–Crippen MR) is 70.2 cm³/mol. The van der Waals surface area contributed by atoms with Crippen LogP contribution in [0.1, 0.15) is 0 Å². The fourth-order valence-electron chi connectivity index (χ4n) is 2.43. The van der Waals surface area contributed by atoms with E-state index < -0.39 is 0 Å². The second-order valence-electron chi connectivity index (χ2n) is 4.45. The lowest BCUT2D eigenvalue weighted by molar-refractivity contribution is -0.824. The molecule has 5 nitrogen and oxygen atoms in total. The molecule has 1 saturated heterocycles. The zero-order chi connectivity index (χ0) is 12.4. The van der Waals surface area contributed by atoms with Gasteiger partial charge in [-0.15, -0.1) is 0 Å². The molecule has 1 fully saturated rings. The molecule has 0 spiro atoms. The maximum atomic E-state index is 9.25. The zero-order valence-corrected chi connectivity index (χ0v) is 10.1. The third-order valence-electron chi connectivity index (χ3n) is 3.36. The normalized spacial score (nSPS) is 16.2. The van der Waals surface area contributed by atoms with Gasteiger partial charge in [0.05, 0.1) is 11.6 Å². The van der Waals surface area contributed by atoms with Gasteiger partial charge >= 0.3 is 0 Å². The molecule has 0 bridgehead atoms. The van der Waals surface area contributed by atoms with Gasteiger partial charge in [0.1, 0.15) is 5.82 Å². The molecule has 0 radical (unpaired) electrons. The van der Waals surface area contributed by atoms with Crippen LogP contribution in [0.5, 0.6) is 0 Å². The first kappa shape index (κ1) is 11.4. The fraction of sp³-hybridized carbons (Fsp3) is 0.308. The van der Waals surface area contributed by atoms with Crippen molar-refractivity contribution < 1.29 is 10.7 Å². The Morgan fingerprint density at radius 1 is 1.17 bits per heavy atom. The van der Waals surface area contributed by atoms with E-state index >= 15 is 0 Å². The van der Waals surface area contributed by atoms with Crippen molar-refractivity contribution >= 4 is 22.3 Å². The number of fused-ring (bicyclic) bond motifs is 1. The van der Waals surface area contributed by atoms with Crippen LogP contribution >= 0.6 is 0 Å². The van der Waals surface area contributed by atoms with Crippen LogP contribution in [0.15, 0.2) is 30.5 Å². The minimum absolute atomic E-state index is 0.768. The van der Waals surface area contributed by atoms with Crippen molar-refractivity contribution in [2.75, 3.05) is 31.1 Å². The summed E-state index contributed by atoms with van der Waals surface area (Å²) in [5.41, 5.74) is 1.89. The van der Waals surface area contributed by atoms with Gasteiger partial charge < -0.3 is 10.2 Å². The van der Waals surface area contributed by atoms with E-state index in [4.69, 9.17) is 0 Å². The highest BCUT2D eigenvalue weighted by Crippen LogP contribution is 2.27. The number of nitrogens with two attached hydrogens (primary N) is 1. The van der Waals surface area contributed by atoms with E-state index in [1.165, 1.54) is 0 Å². The predicted octanol–water partition coefficient (Wildman–Crippen LogP) is 0.229. The molecule has 2 heterocycles. The minimum Gasteiger partial charge on any atom is -0.354 e. The van der Waals surface area contributed by atoms with E-state index in [1.54, 1.807) is 6.20 Å². The molecule has 0 atom stereocenters. The highest BCUT2D eigenvalue weighted by molar-refractivity contribution is 5.97. The van der Waals surface area contributed by atoms with Crippen molar-refractivity contribution in [3.8, 4) is 0 Å². The smallest absolute Gasteiger partial charge is 0.188 e. The average molecular weight is 245 g/mol. The molecule has 3 rings (SSSR count). The van der Waals surface area contributed by atoms with Crippen LogP contribution in [-0.4, -0.2) is 36.4 Å². The third-order valence-corrected chi connectivity index (χ3v) is 3.36. The summed E-state index contributed by atoms with van der Waals surface area (Å²) in [6, 6.07) is 8.07. The lowest BCUT2D eigenvalue weighted by Crippen LogP contribution is -2.73. The zero-order valence-electron chi connectivity index (χ0n) is 10.1. The number of piperazine rings is 1. The summed E-state index contributed by atoms with van der Waals surface area (Å²) < 4.78 is 0. The number of quaternary nitrogens is 1. The highest BCUT2D eigenvalue weighted by atomic mass is 16.5. The van der Waals surface area contributed by atoms with Gasteiger partial charge in [0.15, 0.2) is 5.69 Å². The first-order valence-electron chi connectivity index (χ1n) is 6.21. The Balaban J connectivity index is 2.12. The van der Waals surface area contributed by atoms with Gasteiger partial charge in [-0.1, -0.05) is 18.2 Å². The Labute approximate surface area is 105 Å². The van der Waals surface area contributed by atoms with Crippen LogP contribution in [0.25, 0.3) is 10.8 Å². The number of rotatable bonds is 2. The SMILES string of the molecule is O[NH2+]c1cnc(N2CCNCC2)c2ccccc12. The number of nitrogens with one attached hydrogen (secondary N) is 1. The summed E-state index contributed by atoms with van der Waals surface area (Å²) in [5, 5.41) is 14.7. The Morgan fingerprint density at radius 2 is 1.89 bits per heavy atom. The maximum Gasteiger partial charge on any atom is 0.188 e. The minimum atomic E-state index is 0.768. The van der Waals surface area contributed by atoms with Crippen molar-refractivity contribution in [1.29, 1.82) is 0 Å². The van der Waals surface area contributed by atoms with Crippen LogP contribution in [0.3, 0.4) is 0 Å². The maximum absolute atomic E-state index is 9.25. The molecule has 0 saturated carbocycles. The van der Waals surface area contributed by atoms with Gasteiger partial charge in [-0.05, 0) is 6.07 Å². The van der Waals surface area contributed by atoms with Crippen molar-refractivity contribution in [2.24, 2.45) is 0 Å². The third kappa shape index (κ3) is 1.92. The molecule has 0 unspecified atom stereocenters. The van der Waals surface area contributed by atoms with E-state index in [0.29, 0.717) is 0 Å². The van der Waals surface area contributed by atoms with Crippen LogP contribution < -0.4 is 15.7 Å². The van der Waals surface area contributed by atoms with Gasteiger partial charge in [-0.25, -0.2) is 10.2 Å². The van der Waals surface area contributed by atoms with Crippen LogP contribution in [0.4, 0.5) is 11.5 Å². The molecular weight excluding hydrogens is 228 g/mol. The van der Waals surface area contributed by atoms with Crippen molar-refractivity contribution in [1.82, 2.24) is 10.3 Å². The molecule has 1 aliphatic rings. The van der Waals surface area contributed by atoms with Crippen molar-refractivity contribution in [3.63, 3.8) is 0 Å². The molecule has 94 valence electrons. The second kappa shape index (κ2) is 4.89. The topological polar surface area (TPSA) is 65.0 Å². The number of pyridine rings is 1. The Hall–Kier alpha value is -1.69. The Bertz CT molecular complexity index is 552. The first-order valence-corrected chi connectivity index (χ1v) is 6.21. The number of nitrogens with zero attached hydrogens (tertiary/aromatic N) is 2. The fourth-order valence-corrected chi connectivity index (χ4v) is 2.43. The lowest BCUT2D eigenvalue weighted by atomic mass is 10.1. The molecule has 4 N–H and O–H groups in total. The monoisotopic (exact) mass is 245 g/mol. The molecule has 1 aromatic heterocycles. The van der Waals surface area contributed by atoms with Crippen LogP contribution in [-0.2, 0) is 0 Å². The van der Waals surface area contributed by atoms with E-state index in [9.17, 15) is 5.21 Å². The van der Waals surface area contributed by atoms with Gasteiger partial charge in [0.2, 0.25) is 0 Å². The largest absolute Gasteiger partial charge is 0.354 e. The van der Waals surface area contributed by atoms with Gasteiger partial charge in [-0.2, -0.15) is 5.48 Å². The van der Waals surface area contributed by atoms with E-state index in [2.05, 4.69) is 21.3 Å². The Kier molecular flexibility index (Phi) is 3.10. The van der Waals surface area contributed by atoms with Crippen LogP contribution in [0, 0.1) is 0 Å². The quantitative estimate of drug-likeness (QED) is 0.663.